The van der Waals surface area contributed by atoms with Gasteiger partial charge in [0.05, 0.1) is 12.9 Å². The molecule has 1 aromatic carbocycles. The maximum absolute atomic E-state index is 11.8. The van der Waals surface area contributed by atoms with Gasteiger partial charge in [-0.15, -0.1) is 0 Å². The van der Waals surface area contributed by atoms with Gasteiger partial charge in [-0.2, -0.15) is 0 Å². The minimum Gasteiger partial charge on any atom is -0.497 e. The third kappa shape index (κ3) is 1.59. The molecule has 0 unspecified atom stereocenters. The fourth-order valence-electron chi connectivity index (χ4n) is 2.72. The highest BCUT2D eigenvalue weighted by molar-refractivity contribution is 7.95. The number of rotatable bonds is 1. The second kappa shape index (κ2) is 3.60. The van der Waals surface area contributed by atoms with Crippen LogP contribution in [0.15, 0.2) is 23.1 Å². The summed E-state index contributed by atoms with van der Waals surface area (Å²) >= 11 is 0. The number of aryl methyl sites for hydroxylation is 1. The Balaban J connectivity index is 2.17. The van der Waals surface area contributed by atoms with E-state index in [1.165, 1.54) is 5.56 Å². The highest BCUT2D eigenvalue weighted by atomic mass is 32.2. The predicted octanol–water partition coefficient (Wildman–Crippen LogP) is 2.17. The summed E-state index contributed by atoms with van der Waals surface area (Å²) in [5.74, 6) is 1.12. The van der Waals surface area contributed by atoms with Gasteiger partial charge in [0, 0.05) is 4.91 Å². The maximum atomic E-state index is 11.8. The lowest BCUT2D eigenvalue weighted by Crippen LogP contribution is -2.07. The van der Waals surface area contributed by atoms with Crippen LogP contribution in [0.3, 0.4) is 0 Å². The van der Waals surface area contributed by atoms with Gasteiger partial charge in [-0.1, -0.05) is 6.07 Å². The van der Waals surface area contributed by atoms with Gasteiger partial charge in [0.25, 0.3) is 0 Å². The second-order valence-electron chi connectivity index (χ2n) is 4.49. The minimum absolute atomic E-state index is 0.281. The quantitative estimate of drug-likeness (QED) is 0.767. The van der Waals surface area contributed by atoms with Crippen LogP contribution in [0, 0.1) is 0 Å². The smallest absolute Gasteiger partial charge is 0.175 e. The van der Waals surface area contributed by atoms with Crippen LogP contribution in [-0.4, -0.2) is 21.3 Å². The molecule has 4 heteroatoms. The summed E-state index contributed by atoms with van der Waals surface area (Å²) in [6.45, 7) is 0. The molecule has 1 aliphatic heterocycles. The Morgan fingerprint density at radius 3 is 2.76 bits per heavy atom. The Kier molecular flexibility index (Phi) is 2.30. The first-order valence-corrected chi connectivity index (χ1v) is 7.39. The molecule has 0 fully saturated rings. The standard InChI is InChI=1S/C13H14O3S/c1-16-10-3-4-11-9(8-10)2-5-13-12(11)6-7-17(13,14)15/h3-4,8H,2,5-7H2,1H3. The van der Waals surface area contributed by atoms with Gasteiger partial charge in [-0.25, -0.2) is 8.42 Å². The zero-order valence-corrected chi connectivity index (χ0v) is 10.5. The van der Waals surface area contributed by atoms with Gasteiger partial charge >= 0.3 is 0 Å². The first-order valence-electron chi connectivity index (χ1n) is 5.74. The molecule has 1 aromatic rings. The van der Waals surface area contributed by atoms with E-state index in [1.807, 2.05) is 18.2 Å². The Morgan fingerprint density at radius 2 is 2.00 bits per heavy atom. The summed E-state index contributed by atoms with van der Waals surface area (Å²) in [6.07, 6.45) is 2.11. The van der Waals surface area contributed by atoms with Gasteiger partial charge in [0.15, 0.2) is 9.84 Å². The summed E-state index contributed by atoms with van der Waals surface area (Å²) in [7, 11) is -1.31. The van der Waals surface area contributed by atoms with Crippen molar-refractivity contribution in [3.63, 3.8) is 0 Å². The van der Waals surface area contributed by atoms with E-state index in [0.29, 0.717) is 17.7 Å². The molecule has 0 radical (unpaired) electrons. The van der Waals surface area contributed by atoms with Crippen LogP contribution < -0.4 is 4.74 Å². The van der Waals surface area contributed by atoms with Gasteiger partial charge in [0.1, 0.15) is 5.75 Å². The summed E-state index contributed by atoms with van der Waals surface area (Å²) in [4.78, 5) is 0.676. The SMILES string of the molecule is COc1ccc2c(c1)CCC1=C2CCS1(=O)=O. The highest BCUT2D eigenvalue weighted by Crippen LogP contribution is 2.42. The molecule has 0 bridgehead atoms. The Hall–Kier alpha value is -1.29. The van der Waals surface area contributed by atoms with Crippen LogP contribution in [0.1, 0.15) is 24.0 Å². The molecule has 90 valence electrons. The zero-order chi connectivity index (χ0) is 12.0. The van der Waals surface area contributed by atoms with Crippen molar-refractivity contribution in [2.45, 2.75) is 19.3 Å². The molecule has 0 N–H and O–H groups in total. The molecule has 17 heavy (non-hydrogen) atoms. The van der Waals surface area contributed by atoms with Crippen molar-refractivity contribution < 1.29 is 13.2 Å². The third-order valence-corrected chi connectivity index (χ3v) is 5.53. The number of hydrogen-bond donors (Lipinski definition) is 0. The predicted molar refractivity (Wildman–Crippen MR) is 66.6 cm³/mol. The highest BCUT2D eigenvalue weighted by Gasteiger charge is 2.33. The number of ether oxygens (including phenoxy) is 1. The Morgan fingerprint density at radius 1 is 1.18 bits per heavy atom. The lowest BCUT2D eigenvalue weighted by molar-refractivity contribution is 0.414. The Labute approximate surface area is 101 Å². The van der Waals surface area contributed by atoms with E-state index in [0.717, 1.165) is 23.3 Å². The van der Waals surface area contributed by atoms with E-state index < -0.39 is 9.84 Å². The molecular formula is C13H14O3S. The van der Waals surface area contributed by atoms with Crippen molar-refractivity contribution in [3.8, 4) is 5.75 Å². The van der Waals surface area contributed by atoms with Crippen LogP contribution in [0.2, 0.25) is 0 Å². The molecule has 2 aliphatic rings. The van der Waals surface area contributed by atoms with Crippen LogP contribution >= 0.6 is 0 Å². The average Bonchev–Trinajstić information content (AvgIpc) is 2.65. The van der Waals surface area contributed by atoms with Crippen molar-refractivity contribution >= 4 is 15.4 Å². The number of sulfone groups is 1. The summed E-state index contributed by atoms with van der Waals surface area (Å²) in [5.41, 5.74) is 3.35. The Bertz CT molecular complexity index is 612. The van der Waals surface area contributed by atoms with Gasteiger partial charge in [0.2, 0.25) is 0 Å². The lowest BCUT2D eigenvalue weighted by Gasteiger charge is -2.18. The van der Waals surface area contributed by atoms with E-state index in [1.54, 1.807) is 7.11 Å². The average molecular weight is 250 g/mol. The molecule has 0 amide bonds. The lowest BCUT2D eigenvalue weighted by atomic mass is 9.89. The second-order valence-corrected chi connectivity index (χ2v) is 6.62. The van der Waals surface area contributed by atoms with E-state index in [4.69, 9.17) is 4.74 Å². The van der Waals surface area contributed by atoms with Crippen LogP contribution in [0.4, 0.5) is 0 Å². The first kappa shape index (κ1) is 10.8. The van der Waals surface area contributed by atoms with Crippen molar-refractivity contribution in [1.29, 1.82) is 0 Å². The molecule has 0 aromatic heterocycles. The first-order chi connectivity index (χ1) is 8.12. The number of allylic oxidation sites excluding steroid dienone is 2. The van der Waals surface area contributed by atoms with Gasteiger partial charge in [-0.05, 0) is 48.1 Å². The molecule has 3 nitrogen and oxygen atoms in total. The van der Waals surface area contributed by atoms with Crippen molar-refractivity contribution in [3.05, 3.63) is 34.2 Å². The van der Waals surface area contributed by atoms with E-state index >= 15 is 0 Å². The van der Waals surface area contributed by atoms with Gasteiger partial charge < -0.3 is 4.74 Å². The maximum Gasteiger partial charge on any atom is 0.175 e. The minimum atomic E-state index is -2.96. The van der Waals surface area contributed by atoms with Crippen molar-refractivity contribution in [2.75, 3.05) is 12.9 Å². The van der Waals surface area contributed by atoms with E-state index in [-0.39, 0.29) is 5.75 Å². The molecule has 1 aliphatic carbocycles. The number of methoxy groups -OCH3 is 1. The third-order valence-electron chi connectivity index (χ3n) is 3.59. The van der Waals surface area contributed by atoms with Crippen molar-refractivity contribution in [1.82, 2.24) is 0 Å². The zero-order valence-electron chi connectivity index (χ0n) is 9.69. The van der Waals surface area contributed by atoms with E-state index in [2.05, 4.69) is 0 Å². The fourth-order valence-corrected chi connectivity index (χ4v) is 4.44. The normalized spacial score (nSPS) is 21.0. The van der Waals surface area contributed by atoms with Crippen LogP contribution in [0.5, 0.6) is 5.75 Å². The summed E-state index contributed by atoms with van der Waals surface area (Å²) < 4.78 is 28.9. The van der Waals surface area contributed by atoms with Gasteiger partial charge in [-0.3, -0.25) is 0 Å². The van der Waals surface area contributed by atoms with Crippen LogP contribution in [-0.2, 0) is 16.3 Å². The molecule has 0 atom stereocenters. The van der Waals surface area contributed by atoms with Crippen LogP contribution in [0.25, 0.3) is 5.57 Å². The fraction of sp³-hybridized carbons (Fsp3) is 0.385. The molecule has 3 rings (SSSR count). The molecule has 0 saturated carbocycles. The monoisotopic (exact) mass is 250 g/mol. The molecular weight excluding hydrogens is 236 g/mol. The summed E-state index contributed by atoms with van der Waals surface area (Å²) in [6, 6.07) is 5.91. The largest absolute Gasteiger partial charge is 0.497 e. The number of hydrogen-bond acceptors (Lipinski definition) is 3. The number of fused-ring (bicyclic) bond motifs is 2. The number of benzene rings is 1. The molecule has 0 spiro atoms. The molecule has 0 saturated heterocycles. The van der Waals surface area contributed by atoms with E-state index in [9.17, 15) is 8.42 Å². The molecule has 1 heterocycles. The van der Waals surface area contributed by atoms with Crippen molar-refractivity contribution in [2.24, 2.45) is 0 Å². The topological polar surface area (TPSA) is 43.4 Å². The summed E-state index contributed by atoms with van der Waals surface area (Å²) in [5, 5.41) is 0.